The molecule has 0 radical (unpaired) electrons. The Balaban J connectivity index is 1.62. The molecule has 2 heterocycles. The smallest absolute Gasteiger partial charge is 0.271 e. The van der Waals surface area contributed by atoms with Crippen LogP contribution in [0.15, 0.2) is 71.5 Å². The highest BCUT2D eigenvalue weighted by Crippen LogP contribution is 2.32. The number of halogens is 3. The Morgan fingerprint density at radius 2 is 1.61 bits per heavy atom. The van der Waals surface area contributed by atoms with Crippen molar-refractivity contribution in [1.82, 2.24) is 14.3 Å². The van der Waals surface area contributed by atoms with Crippen molar-refractivity contribution in [3.05, 3.63) is 115 Å². The van der Waals surface area contributed by atoms with E-state index < -0.39 is 0 Å². The predicted octanol–water partition coefficient (Wildman–Crippen LogP) is 6.68. The molecule has 0 aliphatic heterocycles. The van der Waals surface area contributed by atoms with Crippen LogP contribution in [0.3, 0.4) is 0 Å². The Labute approximate surface area is 221 Å². The van der Waals surface area contributed by atoms with Gasteiger partial charge in [0.1, 0.15) is 5.75 Å². The summed E-state index contributed by atoms with van der Waals surface area (Å²) in [6.07, 6.45) is 0.382. The molecule has 5 aromatic rings. The van der Waals surface area contributed by atoms with Gasteiger partial charge in [0, 0.05) is 49.9 Å². The summed E-state index contributed by atoms with van der Waals surface area (Å²) in [7, 11) is 1.59. The van der Waals surface area contributed by atoms with Crippen LogP contribution in [-0.4, -0.2) is 27.4 Å². The van der Waals surface area contributed by atoms with Gasteiger partial charge in [-0.25, -0.2) is 4.68 Å². The van der Waals surface area contributed by atoms with E-state index in [0.29, 0.717) is 44.2 Å². The number of aromatic amines is 1. The number of methoxy groups -OCH3 is 1. The summed E-state index contributed by atoms with van der Waals surface area (Å²) in [5.41, 5.74) is 3.86. The van der Waals surface area contributed by atoms with Crippen molar-refractivity contribution in [2.45, 2.75) is 13.3 Å². The molecule has 0 bridgehead atoms. The zero-order chi connectivity index (χ0) is 25.6. The first-order valence-corrected chi connectivity index (χ1v) is 12.1. The molecule has 0 spiro atoms. The number of hydrogen-bond acceptors (Lipinski definition) is 3. The normalized spacial score (nSPS) is 11.2. The number of H-pyrrole nitrogens is 1. The first-order chi connectivity index (χ1) is 17.2. The number of fused-ring (bicyclic) bond motifs is 1. The van der Waals surface area contributed by atoms with Crippen LogP contribution in [0.4, 0.5) is 0 Å². The zero-order valence-corrected chi connectivity index (χ0v) is 21.6. The monoisotopic (exact) mass is 539 g/mol. The van der Waals surface area contributed by atoms with Crippen LogP contribution in [-0.2, 0) is 6.42 Å². The molecule has 0 amide bonds. The van der Waals surface area contributed by atoms with Gasteiger partial charge in [0.25, 0.3) is 11.5 Å². The number of aromatic nitrogens is 3. The Kier molecular flexibility index (Phi) is 6.43. The molecule has 2 aromatic heterocycles. The third-order valence-electron chi connectivity index (χ3n) is 6.08. The van der Waals surface area contributed by atoms with Gasteiger partial charge in [0.05, 0.1) is 18.3 Å². The highest BCUT2D eigenvalue weighted by Gasteiger charge is 2.21. The van der Waals surface area contributed by atoms with E-state index in [1.807, 2.05) is 25.1 Å². The average Bonchev–Trinajstić information content (AvgIpc) is 3.35. The Hall–Kier alpha value is -3.45. The Morgan fingerprint density at radius 3 is 2.28 bits per heavy atom. The van der Waals surface area contributed by atoms with Crippen LogP contribution >= 0.6 is 34.8 Å². The Morgan fingerprint density at radius 1 is 0.917 bits per heavy atom. The maximum atomic E-state index is 13.5. The van der Waals surface area contributed by atoms with Crippen molar-refractivity contribution in [2.24, 2.45) is 0 Å². The van der Waals surface area contributed by atoms with Crippen molar-refractivity contribution in [2.75, 3.05) is 7.11 Å². The summed E-state index contributed by atoms with van der Waals surface area (Å²) in [6.45, 7) is 1.89. The van der Waals surface area contributed by atoms with Crippen molar-refractivity contribution in [3.63, 3.8) is 0 Å². The first kappa shape index (κ1) is 24.3. The molecule has 0 aliphatic carbocycles. The van der Waals surface area contributed by atoms with Gasteiger partial charge in [-0.2, -0.15) is 0 Å². The molecule has 0 atom stereocenters. The van der Waals surface area contributed by atoms with Crippen molar-refractivity contribution in [3.8, 4) is 11.4 Å². The van der Waals surface area contributed by atoms with Crippen molar-refractivity contribution < 1.29 is 9.53 Å². The molecule has 1 N–H and O–H groups in total. The molecular formula is C27H20Cl3N3O3. The van der Waals surface area contributed by atoms with E-state index in [1.54, 1.807) is 54.1 Å². The quantitative estimate of drug-likeness (QED) is 0.270. The molecular weight excluding hydrogens is 521 g/mol. The lowest BCUT2D eigenvalue weighted by atomic mass is 10.1. The van der Waals surface area contributed by atoms with Crippen LogP contribution in [0.2, 0.25) is 15.1 Å². The molecule has 0 fully saturated rings. The largest absolute Gasteiger partial charge is 0.497 e. The third kappa shape index (κ3) is 4.44. The van der Waals surface area contributed by atoms with Crippen LogP contribution in [0.1, 0.15) is 27.3 Å². The first-order valence-electron chi connectivity index (χ1n) is 11.0. The zero-order valence-electron chi connectivity index (χ0n) is 19.3. The second-order valence-electron chi connectivity index (χ2n) is 8.35. The van der Waals surface area contributed by atoms with Gasteiger partial charge in [-0.05, 0) is 73.2 Å². The van der Waals surface area contributed by atoms with E-state index in [1.165, 1.54) is 10.7 Å². The molecule has 5 rings (SSSR count). The minimum Gasteiger partial charge on any atom is -0.497 e. The molecule has 6 nitrogen and oxygen atoms in total. The van der Waals surface area contributed by atoms with Gasteiger partial charge in [0.2, 0.25) is 0 Å². The Bertz CT molecular complexity index is 1660. The van der Waals surface area contributed by atoms with E-state index >= 15 is 0 Å². The molecule has 0 unspecified atom stereocenters. The SMILES string of the molecule is COc1ccc2c(c1)c(Cc1cc(=O)n(-c3cc(Cl)cc(Cl)c3)[nH]1)c(C)n2C(=O)c1ccc(Cl)cc1. The average molecular weight is 541 g/mol. The number of hydrogen-bond donors (Lipinski definition) is 1. The van der Waals surface area contributed by atoms with Crippen molar-refractivity contribution >= 4 is 51.6 Å². The molecule has 182 valence electrons. The van der Waals surface area contributed by atoms with Crippen LogP contribution in [0.25, 0.3) is 16.6 Å². The number of rotatable bonds is 5. The van der Waals surface area contributed by atoms with Gasteiger partial charge >= 0.3 is 0 Å². The maximum Gasteiger partial charge on any atom is 0.271 e. The number of nitrogens with one attached hydrogen (secondary N) is 1. The highest BCUT2D eigenvalue weighted by atomic mass is 35.5. The summed E-state index contributed by atoms with van der Waals surface area (Å²) in [6, 6.07) is 18.8. The topological polar surface area (TPSA) is 69.0 Å². The molecule has 0 aliphatic rings. The van der Waals surface area contributed by atoms with Gasteiger partial charge in [0.15, 0.2) is 0 Å². The summed E-state index contributed by atoms with van der Waals surface area (Å²) in [4.78, 5) is 26.3. The summed E-state index contributed by atoms with van der Waals surface area (Å²) in [5.74, 6) is 0.490. The second-order valence-corrected chi connectivity index (χ2v) is 9.66. The summed E-state index contributed by atoms with van der Waals surface area (Å²) in [5, 5.41) is 5.40. The standard InChI is InChI=1S/C27H20Cl3N3O3/c1-15-23(12-20-13-26(34)33(31-20)21-10-18(29)9-19(30)11-21)24-14-22(36-2)7-8-25(24)32(15)27(35)16-3-5-17(28)6-4-16/h3-11,13-14,31H,12H2,1-2H3. The van der Waals surface area contributed by atoms with Gasteiger partial charge in [-0.1, -0.05) is 34.8 Å². The second kappa shape index (κ2) is 9.54. The van der Waals surface area contributed by atoms with Gasteiger partial charge in [-0.3, -0.25) is 19.3 Å². The number of nitrogens with zero attached hydrogens (tertiary/aromatic N) is 2. The number of carbonyl (C=O) groups excluding carboxylic acids is 1. The minimum atomic E-state index is -0.250. The van der Waals surface area contributed by atoms with E-state index in [9.17, 15) is 9.59 Å². The van der Waals surface area contributed by atoms with Crippen LogP contribution < -0.4 is 10.3 Å². The fourth-order valence-electron chi connectivity index (χ4n) is 4.38. The van der Waals surface area contributed by atoms with Crippen molar-refractivity contribution in [1.29, 1.82) is 0 Å². The number of ether oxygens (including phenoxy) is 1. The van der Waals surface area contributed by atoms with Crippen LogP contribution in [0.5, 0.6) is 5.75 Å². The summed E-state index contributed by atoms with van der Waals surface area (Å²) >= 11 is 18.3. The molecule has 0 saturated carbocycles. The lowest BCUT2D eigenvalue weighted by Gasteiger charge is -2.08. The lowest BCUT2D eigenvalue weighted by Crippen LogP contribution is -2.13. The number of benzene rings is 3. The lowest BCUT2D eigenvalue weighted by molar-refractivity contribution is 0.0963. The molecule has 3 aromatic carbocycles. The number of carbonyl (C=O) groups is 1. The maximum absolute atomic E-state index is 13.5. The fraction of sp³-hybridized carbons (Fsp3) is 0.111. The third-order valence-corrected chi connectivity index (χ3v) is 6.77. The molecule has 36 heavy (non-hydrogen) atoms. The van der Waals surface area contributed by atoms with Gasteiger partial charge < -0.3 is 4.74 Å². The minimum absolute atomic E-state index is 0.176. The van der Waals surface area contributed by atoms with Gasteiger partial charge in [-0.15, -0.1) is 0 Å². The summed E-state index contributed by atoms with van der Waals surface area (Å²) < 4.78 is 8.51. The van der Waals surface area contributed by atoms with E-state index in [0.717, 1.165) is 22.2 Å². The van der Waals surface area contributed by atoms with E-state index in [4.69, 9.17) is 39.5 Å². The molecule has 9 heteroatoms. The van der Waals surface area contributed by atoms with Crippen LogP contribution in [0, 0.1) is 6.92 Å². The van der Waals surface area contributed by atoms with E-state index in [2.05, 4.69) is 5.10 Å². The molecule has 0 saturated heterocycles. The highest BCUT2D eigenvalue weighted by molar-refractivity contribution is 6.34. The van der Waals surface area contributed by atoms with E-state index in [-0.39, 0.29) is 11.5 Å². The predicted molar refractivity (Wildman–Crippen MR) is 144 cm³/mol. The fourth-order valence-corrected chi connectivity index (χ4v) is 5.02.